The van der Waals surface area contributed by atoms with Crippen molar-refractivity contribution < 1.29 is 18.8 Å². The molecule has 7 nitrogen and oxygen atoms in total. The van der Waals surface area contributed by atoms with Crippen LogP contribution >= 0.6 is 0 Å². The number of nitro groups is 1. The number of carbonyl (C=O) groups is 1. The van der Waals surface area contributed by atoms with E-state index in [0.29, 0.717) is 18.0 Å². The highest BCUT2D eigenvalue weighted by molar-refractivity contribution is 5.96. The van der Waals surface area contributed by atoms with Crippen molar-refractivity contribution in [3.05, 3.63) is 58.4 Å². The number of likely N-dealkylation sites (N-methyl/N-ethyl adjacent to an activating group) is 1. The molecule has 0 fully saturated rings. The molecule has 0 aliphatic heterocycles. The van der Waals surface area contributed by atoms with Gasteiger partial charge in [-0.05, 0) is 37.3 Å². The number of methoxy groups -OCH3 is 1. The van der Waals surface area contributed by atoms with Gasteiger partial charge in [0.2, 0.25) is 5.91 Å². The second-order valence-corrected chi connectivity index (χ2v) is 5.18. The van der Waals surface area contributed by atoms with Gasteiger partial charge in [0.05, 0.1) is 24.6 Å². The molecule has 8 heteroatoms. The topological polar surface area (TPSA) is 84.7 Å². The van der Waals surface area contributed by atoms with Crippen LogP contribution in [0.5, 0.6) is 5.75 Å². The van der Waals surface area contributed by atoms with Crippen LogP contribution in [0.1, 0.15) is 6.92 Å². The number of benzene rings is 2. The van der Waals surface area contributed by atoms with E-state index >= 15 is 0 Å². The number of halogens is 1. The fourth-order valence-corrected chi connectivity index (χ4v) is 2.32. The highest BCUT2D eigenvalue weighted by Crippen LogP contribution is 2.29. The first-order chi connectivity index (χ1) is 11.9. The van der Waals surface area contributed by atoms with Crippen molar-refractivity contribution in [2.45, 2.75) is 6.92 Å². The summed E-state index contributed by atoms with van der Waals surface area (Å²) in [7, 11) is 1.40. The van der Waals surface area contributed by atoms with Crippen LogP contribution in [0.25, 0.3) is 0 Å². The van der Waals surface area contributed by atoms with E-state index in [9.17, 15) is 19.3 Å². The van der Waals surface area contributed by atoms with Gasteiger partial charge in [-0.25, -0.2) is 4.39 Å². The van der Waals surface area contributed by atoms with E-state index < -0.39 is 16.6 Å². The monoisotopic (exact) mass is 347 g/mol. The minimum absolute atomic E-state index is 0.0663. The number of hydrogen-bond acceptors (Lipinski definition) is 5. The Morgan fingerprint density at radius 3 is 2.68 bits per heavy atom. The third-order valence-corrected chi connectivity index (χ3v) is 3.57. The maximum atomic E-state index is 13.3. The minimum Gasteiger partial charge on any atom is -0.496 e. The summed E-state index contributed by atoms with van der Waals surface area (Å²) < 4.78 is 18.3. The molecule has 25 heavy (non-hydrogen) atoms. The Labute approximate surface area is 144 Å². The molecule has 2 aromatic carbocycles. The summed E-state index contributed by atoms with van der Waals surface area (Å²) in [6, 6.07) is 10.1. The summed E-state index contributed by atoms with van der Waals surface area (Å²) in [4.78, 5) is 24.5. The van der Waals surface area contributed by atoms with Crippen molar-refractivity contribution in [1.82, 2.24) is 0 Å². The number of ether oxygens (including phenoxy) is 1. The van der Waals surface area contributed by atoms with E-state index in [1.54, 1.807) is 17.0 Å². The number of amides is 1. The number of hydrogen-bond donors (Lipinski definition) is 1. The Balaban J connectivity index is 2.15. The molecule has 2 rings (SSSR count). The SMILES string of the molecule is CCN(CC(=O)Nc1ccc(OC)cc1[N+](=O)[O-])c1cccc(F)c1. The van der Waals surface area contributed by atoms with Gasteiger partial charge in [-0.3, -0.25) is 14.9 Å². The van der Waals surface area contributed by atoms with Gasteiger partial charge in [-0.2, -0.15) is 0 Å². The molecule has 0 unspecified atom stereocenters. The van der Waals surface area contributed by atoms with Crippen molar-refractivity contribution in [3.63, 3.8) is 0 Å². The number of nitrogens with zero attached hydrogens (tertiary/aromatic N) is 2. The lowest BCUT2D eigenvalue weighted by atomic mass is 10.2. The first-order valence-electron chi connectivity index (χ1n) is 7.57. The molecular formula is C17H18FN3O4. The zero-order valence-corrected chi connectivity index (χ0v) is 13.9. The Kier molecular flexibility index (Phi) is 5.89. The molecule has 0 saturated heterocycles. The fraction of sp³-hybridized carbons (Fsp3) is 0.235. The van der Waals surface area contributed by atoms with E-state index in [4.69, 9.17) is 4.74 Å². The van der Waals surface area contributed by atoms with Crippen LogP contribution in [-0.4, -0.2) is 31.0 Å². The molecule has 2 aromatic rings. The summed E-state index contributed by atoms with van der Waals surface area (Å²) in [5.41, 5.74) is 0.370. The summed E-state index contributed by atoms with van der Waals surface area (Å²) in [6.07, 6.45) is 0. The molecule has 1 N–H and O–H groups in total. The van der Waals surface area contributed by atoms with Crippen LogP contribution in [-0.2, 0) is 4.79 Å². The maximum absolute atomic E-state index is 13.3. The van der Waals surface area contributed by atoms with E-state index in [1.165, 1.54) is 37.4 Å². The number of rotatable bonds is 7. The highest BCUT2D eigenvalue weighted by atomic mass is 19.1. The van der Waals surface area contributed by atoms with Crippen molar-refractivity contribution in [1.29, 1.82) is 0 Å². The standard InChI is InChI=1S/C17H18FN3O4/c1-3-20(13-6-4-5-12(18)9-13)11-17(22)19-15-8-7-14(25-2)10-16(15)21(23)24/h4-10H,3,11H2,1-2H3,(H,19,22). The zero-order chi connectivity index (χ0) is 18.4. The molecule has 0 heterocycles. The van der Waals surface area contributed by atoms with Gasteiger partial charge in [0.15, 0.2) is 0 Å². The van der Waals surface area contributed by atoms with Crippen molar-refractivity contribution in [3.8, 4) is 5.75 Å². The second kappa shape index (κ2) is 8.09. The number of nitro benzene ring substituents is 1. The van der Waals surface area contributed by atoms with Crippen LogP contribution in [0, 0.1) is 15.9 Å². The molecule has 0 saturated carbocycles. The summed E-state index contributed by atoms with van der Waals surface area (Å²) in [5, 5.41) is 13.7. The number of nitrogens with one attached hydrogen (secondary N) is 1. The van der Waals surface area contributed by atoms with Crippen molar-refractivity contribution in [2.24, 2.45) is 0 Å². The molecule has 0 bridgehead atoms. The predicted molar refractivity (Wildman–Crippen MR) is 92.6 cm³/mol. The van der Waals surface area contributed by atoms with E-state index in [2.05, 4.69) is 5.32 Å². The molecule has 1 amide bonds. The van der Waals surface area contributed by atoms with Gasteiger partial charge in [0.1, 0.15) is 17.3 Å². The molecule has 0 spiro atoms. The zero-order valence-electron chi connectivity index (χ0n) is 13.9. The summed E-state index contributed by atoms with van der Waals surface area (Å²) in [6.45, 7) is 2.23. The highest BCUT2D eigenvalue weighted by Gasteiger charge is 2.18. The van der Waals surface area contributed by atoms with Crippen LogP contribution in [0.3, 0.4) is 0 Å². The average Bonchev–Trinajstić information content (AvgIpc) is 2.59. The fourth-order valence-electron chi connectivity index (χ4n) is 2.32. The Morgan fingerprint density at radius 2 is 2.08 bits per heavy atom. The van der Waals surface area contributed by atoms with E-state index in [-0.39, 0.29) is 17.9 Å². The van der Waals surface area contributed by atoms with Gasteiger partial charge in [0.25, 0.3) is 5.69 Å². The van der Waals surface area contributed by atoms with Gasteiger partial charge < -0.3 is 15.0 Å². The summed E-state index contributed by atoms with van der Waals surface area (Å²) >= 11 is 0. The van der Waals surface area contributed by atoms with Crippen molar-refractivity contribution >= 4 is 23.0 Å². The summed E-state index contributed by atoms with van der Waals surface area (Å²) in [5.74, 6) is -0.527. The van der Waals surface area contributed by atoms with Crippen LogP contribution < -0.4 is 15.0 Å². The predicted octanol–water partition coefficient (Wildman–Crippen LogP) is 3.21. The maximum Gasteiger partial charge on any atom is 0.296 e. The van der Waals surface area contributed by atoms with Gasteiger partial charge in [-0.15, -0.1) is 0 Å². The Bertz CT molecular complexity index is 782. The lowest BCUT2D eigenvalue weighted by molar-refractivity contribution is -0.384. The third-order valence-electron chi connectivity index (χ3n) is 3.57. The number of anilines is 2. The lowest BCUT2D eigenvalue weighted by Crippen LogP contribution is -2.33. The van der Waals surface area contributed by atoms with Crippen LogP contribution in [0.4, 0.5) is 21.5 Å². The molecular weight excluding hydrogens is 329 g/mol. The average molecular weight is 347 g/mol. The lowest BCUT2D eigenvalue weighted by Gasteiger charge is -2.22. The molecule has 0 aliphatic rings. The molecule has 0 aliphatic carbocycles. The molecule has 0 aromatic heterocycles. The van der Waals surface area contributed by atoms with E-state index in [1.807, 2.05) is 6.92 Å². The van der Waals surface area contributed by atoms with Gasteiger partial charge in [0, 0.05) is 12.2 Å². The minimum atomic E-state index is -0.595. The van der Waals surface area contributed by atoms with Crippen LogP contribution in [0.2, 0.25) is 0 Å². The van der Waals surface area contributed by atoms with Gasteiger partial charge in [-0.1, -0.05) is 6.07 Å². The molecule has 0 atom stereocenters. The third kappa shape index (κ3) is 4.66. The quantitative estimate of drug-likeness (QED) is 0.614. The smallest absolute Gasteiger partial charge is 0.296 e. The van der Waals surface area contributed by atoms with Gasteiger partial charge >= 0.3 is 0 Å². The van der Waals surface area contributed by atoms with Crippen LogP contribution in [0.15, 0.2) is 42.5 Å². The van der Waals surface area contributed by atoms with E-state index in [0.717, 1.165) is 0 Å². The first kappa shape index (κ1) is 18.2. The molecule has 132 valence electrons. The molecule has 0 radical (unpaired) electrons. The normalized spacial score (nSPS) is 10.2. The second-order valence-electron chi connectivity index (χ2n) is 5.18. The number of carbonyl (C=O) groups excluding carboxylic acids is 1. The van der Waals surface area contributed by atoms with Crippen molar-refractivity contribution in [2.75, 3.05) is 30.4 Å². The Hall–Kier alpha value is -3.16. The first-order valence-corrected chi connectivity index (χ1v) is 7.57. The largest absolute Gasteiger partial charge is 0.496 e. The Morgan fingerprint density at radius 1 is 1.32 bits per heavy atom.